The van der Waals surface area contributed by atoms with Crippen LogP contribution in [0.15, 0.2) is 63.4 Å². The van der Waals surface area contributed by atoms with E-state index in [1.54, 1.807) is 24.3 Å². The first-order chi connectivity index (χ1) is 15.5. The minimum atomic E-state index is -0.895. The van der Waals surface area contributed by atoms with Gasteiger partial charge >= 0.3 is 0 Å². The number of imide groups is 1. The van der Waals surface area contributed by atoms with Gasteiger partial charge in [-0.2, -0.15) is 10.1 Å². The molecule has 5 rings (SSSR count). The van der Waals surface area contributed by atoms with E-state index >= 15 is 0 Å². The lowest BCUT2D eigenvalue weighted by molar-refractivity contribution is -0.123. The van der Waals surface area contributed by atoms with E-state index in [0.29, 0.717) is 23.9 Å². The van der Waals surface area contributed by atoms with E-state index in [9.17, 15) is 9.59 Å². The monoisotopic (exact) mass is 432 g/mol. The molecule has 0 N–H and O–H groups in total. The molecule has 3 heterocycles. The van der Waals surface area contributed by atoms with Gasteiger partial charge < -0.3 is 9.26 Å². The molecule has 2 aliphatic rings. The van der Waals surface area contributed by atoms with Gasteiger partial charge in [-0.15, -0.1) is 0 Å². The van der Waals surface area contributed by atoms with Crippen LogP contribution in [0.5, 0.6) is 5.75 Å². The molecule has 2 atom stereocenters. The van der Waals surface area contributed by atoms with Crippen molar-refractivity contribution in [3.63, 3.8) is 0 Å². The van der Waals surface area contributed by atoms with Crippen molar-refractivity contribution in [2.75, 3.05) is 11.5 Å². The van der Waals surface area contributed by atoms with E-state index in [-0.39, 0.29) is 12.4 Å². The zero-order chi connectivity index (χ0) is 22.2. The largest absolute Gasteiger partial charge is 0.494 e. The number of aromatic nitrogens is 2. The molecule has 0 saturated carbocycles. The van der Waals surface area contributed by atoms with Crippen LogP contribution in [0.2, 0.25) is 0 Å². The van der Waals surface area contributed by atoms with Gasteiger partial charge in [-0.1, -0.05) is 34.1 Å². The number of benzene rings is 2. The number of rotatable bonds is 6. The van der Waals surface area contributed by atoms with Crippen LogP contribution < -0.4 is 9.64 Å². The van der Waals surface area contributed by atoms with Crippen molar-refractivity contribution in [3.05, 3.63) is 60.0 Å². The molecule has 2 aliphatic heterocycles. The first-order valence-corrected chi connectivity index (χ1v) is 10.2. The van der Waals surface area contributed by atoms with Crippen molar-refractivity contribution in [2.24, 2.45) is 10.3 Å². The second-order valence-corrected chi connectivity index (χ2v) is 7.51. The highest BCUT2D eigenvalue weighted by Crippen LogP contribution is 2.33. The van der Waals surface area contributed by atoms with Crippen LogP contribution in [-0.4, -0.2) is 45.7 Å². The molecule has 3 aromatic rings. The lowest BCUT2D eigenvalue weighted by Crippen LogP contribution is -2.39. The third-order valence-corrected chi connectivity index (χ3v) is 5.31. The van der Waals surface area contributed by atoms with Crippen molar-refractivity contribution in [1.29, 1.82) is 0 Å². The molecule has 10 nitrogen and oxygen atoms in total. The molecule has 0 bridgehead atoms. The molecule has 32 heavy (non-hydrogen) atoms. The van der Waals surface area contributed by atoms with E-state index in [4.69, 9.17) is 9.26 Å². The minimum absolute atomic E-state index is 0.0691. The summed E-state index contributed by atoms with van der Waals surface area (Å²) in [7, 11) is 0. The van der Waals surface area contributed by atoms with Crippen molar-refractivity contribution in [2.45, 2.75) is 32.5 Å². The van der Waals surface area contributed by atoms with Gasteiger partial charge in [0.1, 0.15) is 12.3 Å². The summed E-state index contributed by atoms with van der Waals surface area (Å²) >= 11 is 0. The first kappa shape index (κ1) is 19.9. The molecular weight excluding hydrogens is 412 g/mol. The fourth-order valence-electron chi connectivity index (χ4n) is 3.83. The number of amides is 2. The van der Waals surface area contributed by atoms with Crippen LogP contribution in [0.1, 0.15) is 18.4 Å². The first-order valence-electron chi connectivity index (χ1n) is 10.2. The fourth-order valence-corrected chi connectivity index (χ4v) is 3.83. The normalized spacial score (nSPS) is 19.7. The fraction of sp³-hybridized carbons (Fsp3) is 0.273. The van der Waals surface area contributed by atoms with Crippen molar-refractivity contribution >= 4 is 17.5 Å². The molecule has 0 aliphatic carbocycles. The van der Waals surface area contributed by atoms with Crippen LogP contribution in [0.3, 0.4) is 0 Å². The minimum Gasteiger partial charge on any atom is -0.494 e. The zero-order valence-corrected chi connectivity index (χ0v) is 17.5. The summed E-state index contributed by atoms with van der Waals surface area (Å²) in [5.41, 5.74) is 2.37. The molecular formula is C22H20N6O4. The number of fused-ring (bicyclic) bond motifs is 1. The average molecular weight is 432 g/mol. The Morgan fingerprint density at radius 3 is 2.66 bits per heavy atom. The third-order valence-electron chi connectivity index (χ3n) is 5.31. The summed E-state index contributed by atoms with van der Waals surface area (Å²) in [4.78, 5) is 31.5. The van der Waals surface area contributed by atoms with Gasteiger partial charge in [-0.3, -0.25) is 14.6 Å². The number of anilines is 1. The molecule has 1 fully saturated rings. The lowest BCUT2D eigenvalue weighted by atomic mass is 10.1. The Kier molecular flexibility index (Phi) is 4.89. The molecule has 1 aromatic heterocycles. The van der Waals surface area contributed by atoms with Crippen LogP contribution in [0.4, 0.5) is 5.69 Å². The number of carbonyl (C=O) groups excluding carboxylic acids is 2. The lowest BCUT2D eigenvalue weighted by Gasteiger charge is -2.19. The second kappa shape index (κ2) is 7.88. The SMILES string of the molecule is CCOc1ccc(N2C(=O)[C@H]3N=NN(Cc4nc(-c5cccc(C)c5)no4)[C@@H]3C2=O)cc1. The Bertz CT molecular complexity index is 1210. The smallest absolute Gasteiger partial charge is 0.263 e. The van der Waals surface area contributed by atoms with Gasteiger partial charge in [0.15, 0.2) is 12.1 Å². The Morgan fingerprint density at radius 2 is 1.91 bits per heavy atom. The van der Waals surface area contributed by atoms with Crippen LogP contribution >= 0.6 is 0 Å². The molecule has 0 radical (unpaired) electrons. The Labute approximate surface area is 183 Å². The van der Waals surface area contributed by atoms with E-state index < -0.39 is 23.9 Å². The highest BCUT2D eigenvalue weighted by molar-refractivity contribution is 6.25. The highest BCUT2D eigenvalue weighted by Gasteiger charge is 2.55. The summed E-state index contributed by atoms with van der Waals surface area (Å²) in [5.74, 6) is 0.578. The zero-order valence-electron chi connectivity index (χ0n) is 17.5. The van der Waals surface area contributed by atoms with E-state index in [2.05, 4.69) is 20.5 Å². The van der Waals surface area contributed by atoms with Gasteiger partial charge in [-0.25, -0.2) is 4.90 Å². The van der Waals surface area contributed by atoms with Gasteiger partial charge in [0.05, 0.1) is 12.3 Å². The van der Waals surface area contributed by atoms with Gasteiger partial charge in [0, 0.05) is 5.56 Å². The molecule has 0 spiro atoms. The van der Waals surface area contributed by atoms with Crippen molar-refractivity contribution in [1.82, 2.24) is 15.1 Å². The maximum atomic E-state index is 13.1. The number of ether oxygens (including phenoxy) is 1. The number of aryl methyl sites for hydroxylation is 1. The van der Waals surface area contributed by atoms with Crippen molar-refractivity contribution < 1.29 is 18.8 Å². The van der Waals surface area contributed by atoms with Crippen LogP contribution in [0, 0.1) is 6.92 Å². The number of hydrogen-bond acceptors (Lipinski definition) is 9. The quantitative estimate of drug-likeness (QED) is 0.550. The van der Waals surface area contributed by atoms with E-state index in [1.165, 1.54) is 5.01 Å². The predicted octanol–water partition coefficient (Wildman–Crippen LogP) is 2.94. The predicted molar refractivity (Wildman–Crippen MR) is 113 cm³/mol. The number of carbonyl (C=O) groups is 2. The number of hydrogen-bond donors (Lipinski definition) is 0. The van der Waals surface area contributed by atoms with Crippen LogP contribution in [-0.2, 0) is 16.1 Å². The third kappa shape index (κ3) is 3.39. The molecule has 162 valence electrons. The Morgan fingerprint density at radius 1 is 1.09 bits per heavy atom. The standard InChI is InChI=1S/C22H20N6O4/c1-3-31-16-9-7-15(8-10-16)28-21(29)18-19(22(28)30)27(26-24-18)12-17-23-20(25-32-17)14-6-4-5-13(2)11-14/h4-11,18-19H,3,12H2,1-2H3/t18-,19-/m0/s1. The average Bonchev–Trinajstić information content (AvgIpc) is 3.48. The van der Waals surface area contributed by atoms with Gasteiger partial charge in [0.2, 0.25) is 11.7 Å². The molecule has 2 amide bonds. The second-order valence-electron chi connectivity index (χ2n) is 7.51. The van der Waals surface area contributed by atoms with E-state index in [0.717, 1.165) is 16.0 Å². The summed E-state index contributed by atoms with van der Waals surface area (Å²) in [6.45, 7) is 4.46. The molecule has 1 saturated heterocycles. The Balaban J connectivity index is 1.34. The topological polar surface area (TPSA) is 113 Å². The maximum Gasteiger partial charge on any atom is 0.263 e. The van der Waals surface area contributed by atoms with Gasteiger partial charge in [0.25, 0.3) is 11.8 Å². The highest BCUT2D eigenvalue weighted by atomic mass is 16.5. The van der Waals surface area contributed by atoms with Crippen LogP contribution in [0.25, 0.3) is 11.4 Å². The van der Waals surface area contributed by atoms with E-state index in [1.807, 2.05) is 38.1 Å². The summed E-state index contributed by atoms with van der Waals surface area (Å²) < 4.78 is 10.8. The molecule has 0 unspecified atom stereocenters. The summed E-state index contributed by atoms with van der Waals surface area (Å²) in [6, 6.07) is 12.8. The number of nitrogens with zero attached hydrogens (tertiary/aromatic N) is 6. The van der Waals surface area contributed by atoms with Gasteiger partial charge in [-0.05, 0) is 44.2 Å². The van der Waals surface area contributed by atoms with Crippen molar-refractivity contribution in [3.8, 4) is 17.1 Å². The Hall–Kier alpha value is -4.08. The summed E-state index contributed by atoms with van der Waals surface area (Å²) in [6.07, 6.45) is 0. The molecule has 10 heteroatoms. The molecule has 2 aromatic carbocycles. The summed E-state index contributed by atoms with van der Waals surface area (Å²) in [5, 5.41) is 13.5. The maximum absolute atomic E-state index is 13.1.